The highest BCUT2D eigenvalue weighted by atomic mass is 31.1. The number of nitrogens with zero attached hydrogens (tertiary/aromatic N) is 1. The number of rotatable bonds is 1. The monoisotopic (exact) mass is 135 g/mol. The Bertz CT molecular complexity index is 240. The SMILES string of the molecule is c1ccc(C2=NP2)cc1. The molecule has 44 valence electrons. The van der Waals surface area contributed by atoms with Crippen molar-refractivity contribution in [3.05, 3.63) is 35.9 Å². The highest BCUT2D eigenvalue weighted by Gasteiger charge is 2.10. The second-order valence-electron chi connectivity index (χ2n) is 1.94. The van der Waals surface area contributed by atoms with Crippen LogP contribution in [0.5, 0.6) is 0 Å². The van der Waals surface area contributed by atoms with Crippen molar-refractivity contribution in [2.24, 2.45) is 4.76 Å². The summed E-state index contributed by atoms with van der Waals surface area (Å²) in [6.45, 7) is 0. The normalized spacial score (nSPS) is 17.6. The summed E-state index contributed by atoms with van der Waals surface area (Å²) in [6, 6.07) is 10.3. The average Bonchev–Trinajstić information content (AvgIpc) is 2.71. The lowest BCUT2D eigenvalue weighted by molar-refractivity contribution is 1.68. The van der Waals surface area contributed by atoms with Crippen LogP contribution in [-0.2, 0) is 0 Å². The van der Waals surface area contributed by atoms with Gasteiger partial charge in [0.1, 0.15) is 0 Å². The van der Waals surface area contributed by atoms with Gasteiger partial charge in [-0.3, -0.25) is 4.76 Å². The lowest BCUT2D eigenvalue weighted by Crippen LogP contribution is -1.77. The van der Waals surface area contributed by atoms with E-state index in [1.54, 1.807) is 0 Å². The van der Waals surface area contributed by atoms with Crippen LogP contribution in [0.25, 0.3) is 0 Å². The molecule has 2 rings (SSSR count). The van der Waals surface area contributed by atoms with Gasteiger partial charge in [-0.05, 0) is 0 Å². The smallest absolute Gasteiger partial charge is 0.0890 e. The summed E-state index contributed by atoms with van der Waals surface area (Å²) in [5.74, 6) is 0. The minimum absolute atomic E-state index is 0.744. The van der Waals surface area contributed by atoms with Gasteiger partial charge in [0.2, 0.25) is 0 Å². The number of hydrogen-bond donors (Lipinski definition) is 0. The quantitative estimate of drug-likeness (QED) is 0.522. The third-order valence-electron chi connectivity index (χ3n) is 1.27. The third-order valence-corrected chi connectivity index (χ3v) is 2.01. The maximum Gasteiger partial charge on any atom is 0.0890 e. The van der Waals surface area contributed by atoms with E-state index in [9.17, 15) is 0 Å². The van der Waals surface area contributed by atoms with Crippen molar-refractivity contribution in [1.82, 2.24) is 0 Å². The maximum atomic E-state index is 4.12. The molecule has 0 bridgehead atoms. The third kappa shape index (κ3) is 1.01. The summed E-state index contributed by atoms with van der Waals surface area (Å²) in [5.41, 5.74) is 2.56. The van der Waals surface area contributed by atoms with Crippen molar-refractivity contribution in [3.63, 3.8) is 0 Å². The molecule has 1 unspecified atom stereocenters. The van der Waals surface area contributed by atoms with Crippen LogP contribution in [0.15, 0.2) is 35.1 Å². The van der Waals surface area contributed by atoms with Crippen LogP contribution in [0.3, 0.4) is 0 Å². The van der Waals surface area contributed by atoms with Gasteiger partial charge in [0.15, 0.2) is 0 Å². The van der Waals surface area contributed by atoms with Gasteiger partial charge in [0, 0.05) is 5.56 Å². The first kappa shape index (κ1) is 5.13. The van der Waals surface area contributed by atoms with Crippen LogP contribution in [0.4, 0.5) is 0 Å². The van der Waals surface area contributed by atoms with Crippen molar-refractivity contribution in [3.8, 4) is 0 Å². The first-order valence-corrected chi connectivity index (χ1v) is 3.81. The van der Waals surface area contributed by atoms with Crippen molar-refractivity contribution in [2.75, 3.05) is 0 Å². The van der Waals surface area contributed by atoms with E-state index in [0.717, 1.165) is 8.73 Å². The zero-order chi connectivity index (χ0) is 6.10. The fourth-order valence-electron chi connectivity index (χ4n) is 0.753. The van der Waals surface area contributed by atoms with Crippen molar-refractivity contribution < 1.29 is 0 Å². The molecule has 0 saturated carbocycles. The van der Waals surface area contributed by atoms with Gasteiger partial charge < -0.3 is 0 Å². The topological polar surface area (TPSA) is 12.4 Å². The lowest BCUT2D eigenvalue weighted by Gasteiger charge is -1.86. The van der Waals surface area contributed by atoms with Gasteiger partial charge in [-0.1, -0.05) is 30.3 Å². The molecule has 0 N–H and O–H groups in total. The Morgan fingerprint density at radius 1 is 1.11 bits per heavy atom. The van der Waals surface area contributed by atoms with Crippen LogP contribution in [0, 0.1) is 0 Å². The van der Waals surface area contributed by atoms with Gasteiger partial charge in [0.25, 0.3) is 0 Å². The minimum atomic E-state index is 0.744. The van der Waals surface area contributed by atoms with Crippen LogP contribution >= 0.6 is 8.73 Å². The molecule has 0 amide bonds. The Kier molecular flexibility index (Phi) is 1.10. The predicted molar refractivity (Wildman–Crippen MR) is 41.3 cm³/mol. The van der Waals surface area contributed by atoms with E-state index in [1.807, 2.05) is 18.2 Å². The molecule has 9 heavy (non-hydrogen) atoms. The summed E-state index contributed by atoms with van der Waals surface area (Å²) in [5, 5.41) is 0. The van der Waals surface area contributed by atoms with Gasteiger partial charge in [-0.2, -0.15) is 0 Å². The molecular formula is C7H6NP. The Morgan fingerprint density at radius 2 is 1.78 bits per heavy atom. The molecule has 0 aromatic heterocycles. The van der Waals surface area contributed by atoms with Gasteiger partial charge in [-0.15, -0.1) is 0 Å². The lowest BCUT2D eigenvalue weighted by atomic mass is 10.2. The predicted octanol–water partition coefficient (Wildman–Crippen LogP) is 2.04. The second kappa shape index (κ2) is 1.93. The van der Waals surface area contributed by atoms with Gasteiger partial charge >= 0.3 is 0 Å². The molecule has 1 nitrogen and oxygen atoms in total. The molecule has 1 aliphatic heterocycles. The first-order valence-electron chi connectivity index (χ1n) is 2.86. The van der Waals surface area contributed by atoms with Crippen molar-refractivity contribution >= 4 is 14.2 Å². The number of hydrogen-bond acceptors (Lipinski definition) is 1. The van der Waals surface area contributed by atoms with E-state index < -0.39 is 0 Å². The van der Waals surface area contributed by atoms with Gasteiger partial charge in [0.05, 0.1) is 14.2 Å². The zero-order valence-corrected chi connectivity index (χ0v) is 5.83. The van der Waals surface area contributed by atoms with Gasteiger partial charge in [-0.25, -0.2) is 0 Å². The highest BCUT2D eigenvalue weighted by molar-refractivity contribution is 7.67. The molecule has 1 heterocycles. The zero-order valence-electron chi connectivity index (χ0n) is 4.83. The summed E-state index contributed by atoms with van der Waals surface area (Å²) < 4.78 is 4.12. The highest BCUT2D eigenvalue weighted by Crippen LogP contribution is 2.35. The Hall–Kier alpha value is -0.680. The van der Waals surface area contributed by atoms with Crippen LogP contribution in [-0.4, -0.2) is 5.45 Å². The maximum absolute atomic E-state index is 4.12. The van der Waals surface area contributed by atoms with E-state index in [4.69, 9.17) is 0 Å². The molecule has 1 aliphatic rings. The largest absolute Gasteiger partial charge is 0.256 e. The second-order valence-corrected chi connectivity index (χ2v) is 2.86. The average molecular weight is 135 g/mol. The molecule has 0 radical (unpaired) electrons. The Labute approximate surface area is 55.7 Å². The van der Waals surface area contributed by atoms with E-state index in [1.165, 1.54) is 11.0 Å². The standard InChI is InChI=1S/C7H6NP/c1-2-4-6(5-3-1)7-8-9-7/h1-5,9H. The summed E-state index contributed by atoms with van der Waals surface area (Å²) in [6.07, 6.45) is 0. The van der Waals surface area contributed by atoms with Crippen LogP contribution in [0.2, 0.25) is 0 Å². The molecular weight excluding hydrogens is 129 g/mol. The van der Waals surface area contributed by atoms with E-state index >= 15 is 0 Å². The summed E-state index contributed by atoms with van der Waals surface area (Å²) in [7, 11) is 0.744. The summed E-state index contributed by atoms with van der Waals surface area (Å²) >= 11 is 0. The molecule has 0 saturated heterocycles. The summed E-state index contributed by atoms with van der Waals surface area (Å²) in [4.78, 5) is 0. The van der Waals surface area contributed by atoms with E-state index in [0.29, 0.717) is 0 Å². The molecule has 0 spiro atoms. The first-order chi connectivity index (χ1) is 4.47. The fourth-order valence-corrected chi connectivity index (χ4v) is 1.23. The molecule has 2 heteroatoms. The molecule has 1 aromatic carbocycles. The number of benzene rings is 1. The minimum Gasteiger partial charge on any atom is -0.256 e. The Balaban J connectivity index is 2.40. The molecule has 1 atom stereocenters. The van der Waals surface area contributed by atoms with Crippen molar-refractivity contribution in [2.45, 2.75) is 0 Å². The fraction of sp³-hybridized carbons (Fsp3) is 0. The Morgan fingerprint density at radius 3 is 2.33 bits per heavy atom. The van der Waals surface area contributed by atoms with Crippen molar-refractivity contribution in [1.29, 1.82) is 0 Å². The van der Waals surface area contributed by atoms with Crippen LogP contribution in [0.1, 0.15) is 5.56 Å². The van der Waals surface area contributed by atoms with Crippen LogP contribution < -0.4 is 0 Å². The molecule has 0 fully saturated rings. The van der Waals surface area contributed by atoms with E-state index in [-0.39, 0.29) is 0 Å². The molecule has 0 aliphatic carbocycles. The molecule has 1 aromatic rings. The van der Waals surface area contributed by atoms with E-state index in [2.05, 4.69) is 16.9 Å².